The zero-order valence-corrected chi connectivity index (χ0v) is 12.2. The van der Waals surface area contributed by atoms with Gasteiger partial charge in [0.2, 0.25) is 0 Å². The van der Waals surface area contributed by atoms with Gasteiger partial charge in [0.15, 0.2) is 5.69 Å². The molecular formula is C15H8N2O2S2. The van der Waals surface area contributed by atoms with Crippen molar-refractivity contribution in [3.8, 4) is 22.4 Å². The van der Waals surface area contributed by atoms with E-state index in [0.717, 1.165) is 28.2 Å². The Morgan fingerprint density at radius 2 is 2.10 bits per heavy atom. The number of benzene rings is 1. The Kier molecular flexibility index (Phi) is 3.52. The Morgan fingerprint density at radius 1 is 1.24 bits per heavy atom. The molecule has 1 aromatic carbocycles. The van der Waals surface area contributed by atoms with Crippen LogP contribution in [0.5, 0.6) is 0 Å². The van der Waals surface area contributed by atoms with Crippen molar-refractivity contribution < 1.29 is 9.90 Å². The molecule has 0 radical (unpaired) electrons. The second kappa shape index (κ2) is 5.48. The maximum atomic E-state index is 10.9. The number of aromatic carboxylic acids is 1. The summed E-state index contributed by atoms with van der Waals surface area (Å²) >= 11 is 2.52. The molecule has 2 heterocycles. The van der Waals surface area contributed by atoms with E-state index in [2.05, 4.69) is 9.22 Å². The third kappa shape index (κ3) is 2.57. The van der Waals surface area contributed by atoms with Gasteiger partial charge in [-0.05, 0) is 57.2 Å². The van der Waals surface area contributed by atoms with Crippen LogP contribution in [-0.2, 0) is 0 Å². The third-order valence-electron chi connectivity index (χ3n) is 2.97. The Bertz CT molecular complexity index is 845. The fourth-order valence-electron chi connectivity index (χ4n) is 1.96. The van der Waals surface area contributed by atoms with E-state index in [0.29, 0.717) is 11.4 Å². The topological polar surface area (TPSA) is 54.5 Å². The molecule has 0 aliphatic carbocycles. The first-order chi connectivity index (χ1) is 10.2. The predicted octanol–water partition coefficient (Wildman–Crippen LogP) is 4.79. The number of carboxylic acid groups (broad SMARTS) is 1. The number of nitrogens with zero attached hydrogens (tertiary/aromatic N) is 2. The average Bonchev–Trinajstić information content (AvgIpc) is 3.18. The summed E-state index contributed by atoms with van der Waals surface area (Å²) in [7, 11) is 0. The average molecular weight is 312 g/mol. The molecular weight excluding hydrogens is 304 g/mol. The summed E-state index contributed by atoms with van der Waals surface area (Å²) in [6.45, 7) is 7.34. The highest BCUT2D eigenvalue weighted by Gasteiger charge is 2.12. The Balaban J connectivity index is 2.05. The molecule has 0 bridgehead atoms. The SMILES string of the molecule is [C-]#[N+]c1cc(-c2cc(C(=O)O)sn2)ccc1-c1ccsc1. The van der Waals surface area contributed by atoms with Crippen LogP contribution in [0.4, 0.5) is 5.69 Å². The molecule has 3 rings (SSSR count). The summed E-state index contributed by atoms with van der Waals surface area (Å²) in [6, 6.07) is 8.99. The van der Waals surface area contributed by atoms with Crippen molar-refractivity contribution in [2.24, 2.45) is 0 Å². The molecule has 1 N–H and O–H groups in total. The van der Waals surface area contributed by atoms with Crippen molar-refractivity contribution >= 4 is 34.5 Å². The first-order valence-corrected chi connectivity index (χ1v) is 7.65. The van der Waals surface area contributed by atoms with E-state index in [1.807, 2.05) is 29.0 Å². The second-order valence-corrected chi connectivity index (χ2v) is 5.82. The molecule has 0 saturated carbocycles. The van der Waals surface area contributed by atoms with Crippen LogP contribution in [0.15, 0.2) is 41.1 Å². The van der Waals surface area contributed by atoms with Crippen LogP contribution in [-0.4, -0.2) is 15.4 Å². The molecule has 0 unspecified atom stereocenters. The molecule has 3 aromatic rings. The Morgan fingerprint density at radius 3 is 2.71 bits per heavy atom. The van der Waals surface area contributed by atoms with Crippen molar-refractivity contribution in [1.29, 1.82) is 0 Å². The maximum Gasteiger partial charge on any atom is 0.347 e. The highest BCUT2D eigenvalue weighted by molar-refractivity contribution is 7.08. The number of thiophene rings is 1. The molecule has 4 nitrogen and oxygen atoms in total. The van der Waals surface area contributed by atoms with Gasteiger partial charge in [-0.2, -0.15) is 15.7 Å². The number of rotatable bonds is 3. The summed E-state index contributed by atoms with van der Waals surface area (Å²) in [6.07, 6.45) is 0. The van der Waals surface area contributed by atoms with Gasteiger partial charge in [-0.15, -0.1) is 0 Å². The Labute approximate surface area is 128 Å². The largest absolute Gasteiger partial charge is 0.477 e. The minimum atomic E-state index is -0.987. The predicted molar refractivity (Wildman–Crippen MR) is 84.1 cm³/mol. The van der Waals surface area contributed by atoms with Crippen LogP contribution < -0.4 is 0 Å². The lowest BCUT2D eigenvalue weighted by Gasteiger charge is -2.04. The van der Waals surface area contributed by atoms with E-state index < -0.39 is 5.97 Å². The van der Waals surface area contributed by atoms with Gasteiger partial charge >= 0.3 is 5.97 Å². The molecule has 21 heavy (non-hydrogen) atoms. The molecule has 0 saturated heterocycles. The summed E-state index contributed by atoms with van der Waals surface area (Å²) in [5, 5.41) is 12.9. The van der Waals surface area contributed by atoms with E-state index in [9.17, 15) is 4.79 Å². The molecule has 0 aliphatic heterocycles. The van der Waals surface area contributed by atoms with Gasteiger partial charge in [-0.1, -0.05) is 12.1 Å². The van der Waals surface area contributed by atoms with E-state index in [4.69, 9.17) is 11.7 Å². The minimum absolute atomic E-state index is 0.191. The smallest absolute Gasteiger partial charge is 0.347 e. The van der Waals surface area contributed by atoms with Crippen molar-refractivity contribution in [2.45, 2.75) is 0 Å². The summed E-state index contributed by atoms with van der Waals surface area (Å²) in [5.41, 5.74) is 3.77. The lowest BCUT2D eigenvalue weighted by atomic mass is 10.0. The van der Waals surface area contributed by atoms with Crippen molar-refractivity contribution in [3.05, 3.63) is 57.4 Å². The monoisotopic (exact) mass is 312 g/mol. The molecule has 0 amide bonds. The maximum absolute atomic E-state index is 10.9. The molecule has 0 atom stereocenters. The van der Waals surface area contributed by atoms with Gasteiger partial charge in [-0.25, -0.2) is 9.64 Å². The minimum Gasteiger partial charge on any atom is -0.477 e. The number of carboxylic acids is 1. The zero-order valence-electron chi connectivity index (χ0n) is 10.6. The van der Waals surface area contributed by atoms with Gasteiger partial charge in [0, 0.05) is 0 Å². The number of hydrogen-bond acceptors (Lipinski definition) is 4. The van der Waals surface area contributed by atoms with Crippen LogP contribution >= 0.6 is 22.9 Å². The number of aromatic nitrogens is 1. The van der Waals surface area contributed by atoms with Crippen molar-refractivity contribution in [2.75, 3.05) is 0 Å². The molecule has 6 heteroatoms. The van der Waals surface area contributed by atoms with Crippen LogP contribution in [0.1, 0.15) is 9.67 Å². The van der Waals surface area contributed by atoms with E-state index >= 15 is 0 Å². The van der Waals surface area contributed by atoms with Crippen LogP contribution in [0.3, 0.4) is 0 Å². The van der Waals surface area contributed by atoms with Crippen molar-refractivity contribution in [1.82, 2.24) is 4.37 Å². The van der Waals surface area contributed by atoms with E-state index in [-0.39, 0.29) is 4.88 Å². The molecule has 0 fully saturated rings. The van der Waals surface area contributed by atoms with Gasteiger partial charge in [0.25, 0.3) is 0 Å². The van der Waals surface area contributed by atoms with Crippen LogP contribution in [0, 0.1) is 6.57 Å². The Hall–Kier alpha value is -2.49. The number of hydrogen-bond donors (Lipinski definition) is 1. The molecule has 2 aromatic heterocycles. The highest BCUT2D eigenvalue weighted by atomic mass is 32.1. The first kappa shape index (κ1) is 13.5. The second-order valence-electron chi connectivity index (χ2n) is 4.24. The van der Waals surface area contributed by atoms with Crippen LogP contribution in [0.2, 0.25) is 0 Å². The van der Waals surface area contributed by atoms with Gasteiger partial charge in [-0.3, -0.25) is 0 Å². The fraction of sp³-hybridized carbons (Fsp3) is 0. The van der Waals surface area contributed by atoms with Gasteiger partial charge in [0.1, 0.15) is 4.88 Å². The lowest BCUT2D eigenvalue weighted by molar-refractivity contribution is 0.0702. The summed E-state index contributed by atoms with van der Waals surface area (Å²) < 4.78 is 4.14. The molecule has 0 spiro atoms. The van der Waals surface area contributed by atoms with Gasteiger partial charge in [0.05, 0.1) is 12.3 Å². The molecule has 102 valence electrons. The fourth-order valence-corrected chi connectivity index (χ4v) is 3.21. The number of carbonyl (C=O) groups is 1. The standard InChI is InChI=1S/C15H8N2O2S2/c1-16-13-6-9(12-7-14(15(18)19)21-17-12)2-3-11(13)10-4-5-20-8-10/h2-8H,(H,18,19). The first-order valence-electron chi connectivity index (χ1n) is 5.93. The summed E-state index contributed by atoms with van der Waals surface area (Å²) in [5.74, 6) is -0.987. The van der Waals surface area contributed by atoms with Crippen molar-refractivity contribution in [3.63, 3.8) is 0 Å². The van der Waals surface area contributed by atoms with Crippen LogP contribution in [0.25, 0.3) is 27.2 Å². The lowest BCUT2D eigenvalue weighted by Crippen LogP contribution is -1.89. The highest BCUT2D eigenvalue weighted by Crippen LogP contribution is 2.35. The van der Waals surface area contributed by atoms with E-state index in [1.54, 1.807) is 17.4 Å². The quantitative estimate of drug-likeness (QED) is 0.708. The normalized spacial score (nSPS) is 10.2. The zero-order chi connectivity index (χ0) is 14.8. The van der Waals surface area contributed by atoms with E-state index in [1.165, 1.54) is 6.07 Å². The van der Waals surface area contributed by atoms with Gasteiger partial charge < -0.3 is 5.11 Å². The molecule has 0 aliphatic rings. The third-order valence-corrected chi connectivity index (χ3v) is 4.43. The summed E-state index contributed by atoms with van der Waals surface area (Å²) in [4.78, 5) is 14.7.